The second-order valence-corrected chi connectivity index (χ2v) is 11.0. The molecule has 1 aliphatic heterocycles. The minimum Gasteiger partial charge on any atom is -0.468 e. The average molecular weight is 646 g/mol. The maximum atomic E-state index is 14.5. The number of halogens is 3. The third-order valence-electron chi connectivity index (χ3n) is 7.49. The molecule has 2 atom stereocenters. The van der Waals surface area contributed by atoms with Crippen LogP contribution in [0.5, 0.6) is 5.75 Å². The Morgan fingerprint density at radius 2 is 1.51 bits per heavy atom. The summed E-state index contributed by atoms with van der Waals surface area (Å²) in [4.78, 5) is 43.1. The number of anilines is 1. The van der Waals surface area contributed by atoms with E-state index in [0.29, 0.717) is 11.3 Å². The first-order chi connectivity index (χ1) is 22.4. The van der Waals surface area contributed by atoms with Crippen LogP contribution in [-0.2, 0) is 19.1 Å². The van der Waals surface area contributed by atoms with E-state index in [-0.39, 0.29) is 28.4 Å². The number of hydrogen-bond acceptors (Lipinski definition) is 8. The van der Waals surface area contributed by atoms with Crippen molar-refractivity contribution in [2.45, 2.75) is 45.2 Å². The van der Waals surface area contributed by atoms with Gasteiger partial charge in [-0.3, -0.25) is 14.5 Å². The molecule has 1 aliphatic rings. The van der Waals surface area contributed by atoms with E-state index in [4.69, 9.17) is 9.47 Å². The van der Waals surface area contributed by atoms with Crippen molar-refractivity contribution >= 4 is 23.5 Å². The molecule has 242 valence electrons. The van der Waals surface area contributed by atoms with Crippen molar-refractivity contribution in [3.63, 3.8) is 0 Å². The Bertz CT molecular complexity index is 1790. The first-order valence-corrected chi connectivity index (χ1v) is 14.6. The Balaban J connectivity index is 1.72. The minimum absolute atomic E-state index is 0.0367. The maximum absolute atomic E-state index is 14.5. The van der Waals surface area contributed by atoms with E-state index in [0.717, 1.165) is 29.7 Å². The lowest BCUT2D eigenvalue weighted by atomic mass is 9.91. The molecule has 9 nitrogen and oxygen atoms in total. The predicted molar refractivity (Wildman–Crippen MR) is 164 cm³/mol. The molecule has 4 aromatic rings. The van der Waals surface area contributed by atoms with E-state index in [1.54, 1.807) is 67.6 Å². The lowest BCUT2D eigenvalue weighted by Gasteiger charge is -2.26. The van der Waals surface area contributed by atoms with Crippen molar-refractivity contribution < 1.29 is 41.8 Å². The van der Waals surface area contributed by atoms with Crippen LogP contribution in [0.3, 0.4) is 0 Å². The van der Waals surface area contributed by atoms with Crippen LogP contribution in [0.4, 0.5) is 19.0 Å². The number of ether oxygens (including phenoxy) is 3. The molecule has 2 heterocycles. The summed E-state index contributed by atoms with van der Waals surface area (Å²) in [7, 11) is 1.16. The fraction of sp³-hybridized carbons (Fsp3) is 0.229. The van der Waals surface area contributed by atoms with Gasteiger partial charge < -0.3 is 14.2 Å². The zero-order valence-corrected chi connectivity index (χ0v) is 25.8. The number of hydrogen-bond donors (Lipinski definition) is 0. The molecular weight excluding hydrogens is 615 g/mol. The monoisotopic (exact) mass is 645 g/mol. The molecule has 3 aromatic carbocycles. The van der Waals surface area contributed by atoms with Gasteiger partial charge in [0.15, 0.2) is 17.4 Å². The molecule has 0 radical (unpaired) electrons. The number of rotatable bonds is 10. The van der Waals surface area contributed by atoms with Crippen molar-refractivity contribution in [1.29, 1.82) is 0 Å². The summed E-state index contributed by atoms with van der Waals surface area (Å²) >= 11 is 0. The lowest BCUT2D eigenvalue weighted by molar-refractivity contribution is -0.274. The Hall–Kier alpha value is -5.52. The van der Waals surface area contributed by atoms with E-state index < -0.39 is 47.7 Å². The smallest absolute Gasteiger partial charge is 0.468 e. The molecule has 0 unspecified atom stereocenters. The van der Waals surface area contributed by atoms with Crippen molar-refractivity contribution in [2.24, 2.45) is 0 Å². The molecule has 0 saturated heterocycles. The largest absolute Gasteiger partial charge is 0.573 e. The normalized spacial score (nSPS) is 15.5. The van der Waals surface area contributed by atoms with Crippen molar-refractivity contribution in [3.05, 3.63) is 130 Å². The molecule has 1 amide bonds. The number of amides is 1. The van der Waals surface area contributed by atoms with Crippen LogP contribution in [0.1, 0.15) is 64.7 Å². The molecule has 0 bridgehead atoms. The molecule has 0 aliphatic carbocycles. The highest BCUT2D eigenvalue weighted by Crippen LogP contribution is 2.44. The molecule has 0 N–H and O–H groups in total. The van der Waals surface area contributed by atoms with Crippen LogP contribution in [0.2, 0.25) is 0 Å². The molecule has 1 aromatic heterocycles. The Morgan fingerprint density at radius 1 is 0.851 bits per heavy atom. The Kier molecular flexibility index (Phi) is 9.41. The number of benzene rings is 3. The van der Waals surface area contributed by atoms with Gasteiger partial charge >= 0.3 is 12.3 Å². The molecule has 0 fully saturated rings. The van der Waals surface area contributed by atoms with Gasteiger partial charge in [-0.15, -0.1) is 18.3 Å². The first-order valence-electron chi connectivity index (χ1n) is 14.6. The van der Waals surface area contributed by atoms with Crippen LogP contribution >= 0.6 is 0 Å². The fourth-order valence-electron chi connectivity index (χ4n) is 5.14. The van der Waals surface area contributed by atoms with Gasteiger partial charge in [-0.1, -0.05) is 80.6 Å². The number of nitrogens with zero attached hydrogens (tertiary/aromatic N) is 3. The first kappa shape index (κ1) is 32.9. The van der Waals surface area contributed by atoms with Gasteiger partial charge in [0.05, 0.1) is 24.4 Å². The number of esters is 1. The van der Waals surface area contributed by atoms with Gasteiger partial charge in [-0.25, -0.2) is 4.79 Å². The topological polar surface area (TPSA) is 108 Å². The quantitative estimate of drug-likeness (QED) is 0.135. The second-order valence-electron chi connectivity index (χ2n) is 11.0. The average Bonchev–Trinajstić information content (AvgIpc) is 3.34. The minimum atomic E-state index is -4.93. The van der Waals surface area contributed by atoms with Crippen LogP contribution in [0.15, 0.2) is 102 Å². The summed E-state index contributed by atoms with van der Waals surface area (Å²) < 4.78 is 54.1. The molecule has 47 heavy (non-hydrogen) atoms. The van der Waals surface area contributed by atoms with Crippen molar-refractivity contribution in [1.82, 2.24) is 10.2 Å². The van der Waals surface area contributed by atoms with Crippen LogP contribution in [0.25, 0.3) is 0 Å². The van der Waals surface area contributed by atoms with Crippen LogP contribution < -0.4 is 9.64 Å². The number of methoxy groups -OCH3 is 1. The van der Waals surface area contributed by atoms with Crippen LogP contribution in [-0.4, -0.2) is 41.3 Å². The fourth-order valence-corrected chi connectivity index (χ4v) is 5.14. The highest BCUT2D eigenvalue weighted by Gasteiger charge is 2.48. The number of ketones is 1. The number of aryl methyl sites for hydroxylation is 1. The van der Waals surface area contributed by atoms with Gasteiger partial charge in [-0.2, -0.15) is 5.10 Å². The number of aromatic nitrogens is 2. The van der Waals surface area contributed by atoms with E-state index in [9.17, 15) is 27.6 Å². The van der Waals surface area contributed by atoms with E-state index in [1.165, 1.54) is 18.2 Å². The highest BCUT2D eigenvalue weighted by atomic mass is 19.4. The maximum Gasteiger partial charge on any atom is 0.573 e. The Morgan fingerprint density at radius 3 is 2.06 bits per heavy atom. The van der Waals surface area contributed by atoms with Crippen molar-refractivity contribution in [3.8, 4) is 5.75 Å². The van der Waals surface area contributed by atoms with E-state index in [1.807, 2.05) is 13.8 Å². The van der Waals surface area contributed by atoms with Gasteiger partial charge in [-0.05, 0) is 48.2 Å². The molecular formula is C35H30F3N3O6. The SMILES string of the molecule is COC(=O)[C@H](OC1=C(C(=O)c2ccc(C(C)C)cc2)[C@H](c2ccc(OC(F)(F)F)cc2)N(c2ccc(C)nn2)C1=O)c1ccccc1. The number of alkyl halides is 3. The lowest BCUT2D eigenvalue weighted by Crippen LogP contribution is -2.32. The second kappa shape index (κ2) is 13.5. The van der Waals surface area contributed by atoms with Crippen LogP contribution in [0, 0.1) is 6.92 Å². The summed E-state index contributed by atoms with van der Waals surface area (Å²) in [5.41, 5.74) is 2.16. The third kappa shape index (κ3) is 7.16. The van der Waals surface area contributed by atoms with E-state index in [2.05, 4.69) is 14.9 Å². The number of Topliss-reactive ketones (excluding diaryl/α,β-unsaturated/α-hetero) is 1. The van der Waals surface area contributed by atoms with Gasteiger partial charge in [0, 0.05) is 11.1 Å². The zero-order valence-electron chi connectivity index (χ0n) is 25.8. The van der Waals surface area contributed by atoms with Gasteiger partial charge in [0.2, 0.25) is 6.10 Å². The predicted octanol–water partition coefficient (Wildman–Crippen LogP) is 6.96. The summed E-state index contributed by atoms with van der Waals surface area (Å²) in [6.07, 6.45) is -6.38. The zero-order chi connectivity index (χ0) is 33.9. The number of carbonyl (C=O) groups excluding carboxylic acids is 3. The Labute approximate surface area is 268 Å². The third-order valence-corrected chi connectivity index (χ3v) is 7.49. The summed E-state index contributed by atoms with van der Waals surface area (Å²) in [6.45, 7) is 5.70. The summed E-state index contributed by atoms with van der Waals surface area (Å²) in [6, 6.07) is 21.7. The number of carbonyl (C=O) groups is 3. The van der Waals surface area contributed by atoms with Gasteiger partial charge in [0.1, 0.15) is 5.75 Å². The molecule has 0 saturated carbocycles. The highest BCUT2D eigenvalue weighted by molar-refractivity contribution is 6.21. The van der Waals surface area contributed by atoms with E-state index >= 15 is 0 Å². The summed E-state index contributed by atoms with van der Waals surface area (Å²) in [5, 5.41) is 8.23. The summed E-state index contributed by atoms with van der Waals surface area (Å²) in [5.74, 6) is -3.00. The van der Waals surface area contributed by atoms with Gasteiger partial charge in [0.25, 0.3) is 5.91 Å². The molecule has 0 spiro atoms. The molecule has 12 heteroatoms. The standard InChI is InChI=1S/C35H30F3N3O6/c1-20(2)22-11-13-24(14-12-22)30(42)28-29(23-15-17-26(18-16-23)47-35(36,37)38)41(27-19-10-21(3)39-40-27)33(43)32(28)46-31(34(44)45-4)25-8-6-5-7-9-25/h5-20,29,31H,1-4H3/t29-,31+/m0/s1. The molecule has 5 rings (SSSR count). The van der Waals surface area contributed by atoms with Crippen molar-refractivity contribution in [2.75, 3.05) is 12.0 Å².